The standard InChI is InChI=1S/C30H37FN2O5/c1-19(2)21-6-8-22(9-7-21)27-26(28(34)23-10-11-25(24(31)18-23)38-20(3)4)29(35)30(36)33(27)13-5-12-32-14-16-37-17-15-32/h6-11,18-20,27,34H,5,12-17H2,1-4H3. The smallest absolute Gasteiger partial charge is 0.295 e. The van der Waals surface area contributed by atoms with Gasteiger partial charge < -0.3 is 24.4 Å². The first-order valence-electron chi connectivity index (χ1n) is 13.4. The molecule has 1 atom stereocenters. The number of ether oxygens (including phenoxy) is 2. The molecule has 1 amide bonds. The third kappa shape index (κ3) is 6.08. The van der Waals surface area contributed by atoms with E-state index in [0.29, 0.717) is 37.7 Å². The van der Waals surface area contributed by atoms with Crippen molar-refractivity contribution in [1.29, 1.82) is 0 Å². The number of amides is 1. The van der Waals surface area contributed by atoms with Crippen LogP contribution in [-0.2, 0) is 14.3 Å². The van der Waals surface area contributed by atoms with Crippen molar-refractivity contribution in [2.24, 2.45) is 0 Å². The number of morpholine rings is 1. The number of quaternary nitrogens is 1. The Morgan fingerprint density at radius 1 is 1.11 bits per heavy atom. The van der Waals surface area contributed by atoms with E-state index >= 15 is 0 Å². The molecule has 2 heterocycles. The lowest BCUT2D eigenvalue weighted by atomic mass is 9.93. The molecule has 2 aliphatic rings. The Bertz CT molecular complexity index is 1190. The molecule has 0 radical (unpaired) electrons. The molecular weight excluding hydrogens is 487 g/mol. The molecule has 38 heavy (non-hydrogen) atoms. The van der Waals surface area contributed by atoms with Crippen LogP contribution in [0, 0.1) is 5.82 Å². The first-order valence-corrected chi connectivity index (χ1v) is 13.4. The van der Waals surface area contributed by atoms with Crippen LogP contribution in [0.15, 0.2) is 48.0 Å². The predicted octanol–water partition coefficient (Wildman–Crippen LogP) is 2.27. The van der Waals surface area contributed by atoms with Gasteiger partial charge in [-0.05, 0) is 48.6 Å². The minimum Gasteiger partial charge on any atom is -0.872 e. The Morgan fingerprint density at radius 2 is 1.79 bits per heavy atom. The van der Waals surface area contributed by atoms with Crippen molar-refractivity contribution in [2.45, 2.75) is 52.2 Å². The molecule has 204 valence electrons. The molecule has 0 saturated carbocycles. The number of carbonyl (C=O) groups is 2. The van der Waals surface area contributed by atoms with Gasteiger partial charge in [0, 0.05) is 18.5 Å². The average Bonchev–Trinajstić information content (AvgIpc) is 3.15. The van der Waals surface area contributed by atoms with E-state index in [1.54, 1.807) is 13.8 Å². The van der Waals surface area contributed by atoms with Crippen LogP contribution in [0.3, 0.4) is 0 Å². The van der Waals surface area contributed by atoms with Crippen molar-refractivity contribution < 1.29 is 33.5 Å². The second kappa shape index (κ2) is 12.1. The fraction of sp³-hybridized carbons (Fsp3) is 0.467. The van der Waals surface area contributed by atoms with E-state index in [2.05, 4.69) is 13.8 Å². The summed E-state index contributed by atoms with van der Waals surface area (Å²) in [5.74, 6) is -2.51. The van der Waals surface area contributed by atoms with Gasteiger partial charge in [0.1, 0.15) is 13.1 Å². The number of ketones is 1. The maximum Gasteiger partial charge on any atom is 0.295 e. The van der Waals surface area contributed by atoms with Crippen molar-refractivity contribution in [3.05, 3.63) is 70.5 Å². The van der Waals surface area contributed by atoms with E-state index < -0.39 is 29.3 Å². The first kappa shape index (κ1) is 27.8. The molecule has 8 heteroatoms. The summed E-state index contributed by atoms with van der Waals surface area (Å²) in [7, 11) is 0. The lowest BCUT2D eigenvalue weighted by Gasteiger charge is -2.29. The molecule has 1 unspecified atom stereocenters. The molecule has 7 nitrogen and oxygen atoms in total. The van der Waals surface area contributed by atoms with Crippen LogP contribution in [0.2, 0.25) is 0 Å². The number of hydrogen-bond acceptors (Lipinski definition) is 5. The quantitative estimate of drug-likeness (QED) is 0.309. The zero-order valence-corrected chi connectivity index (χ0v) is 22.6. The summed E-state index contributed by atoms with van der Waals surface area (Å²) in [6.45, 7) is 12.2. The summed E-state index contributed by atoms with van der Waals surface area (Å²) < 4.78 is 25.6. The third-order valence-corrected chi connectivity index (χ3v) is 7.13. The van der Waals surface area contributed by atoms with Crippen molar-refractivity contribution in [2.75, 3.05) is 39.4 Å². The molecule has 2 aromatic carbocycles. The van der Waals surface area contributed by atoms with E-state index in [0.717, 1.165) is 31.3 Å². The highest BCUT2D eigenvalue weighted by molar-refractivity contribution is 6.46. The number of benzene rings is 2. The molecule has 2 saturated heterocycles. The molecule has 1 N–H and O–H groups in total. The monoisotopic (exact) mass is 524 g/mol. The Balaban J connectivity index is 1.69. The maximum atomic E-state index is 14.7. The van der Waals surface area contributed by atoms with Crippen LogP contribution in [0.5, 0.6) is 5.75 Å². The number of halogens is 1. The molecule has 0 spiro atoms. The van der Waals surface area contributed by atoms with Gasteiger partial charge in [-0.3, -0.25) is 9.59 Å². The highest BCUT2D eigenvalue weighted by Crippen LogP contribution is 2.39. The molecule has 4 rings (SSSR count). The molecular formula is C30H37FN2O5. The first-order chi connectivity index (χ1) is 18.2. The molecule has 0 aliphatic carbocycles. The summed E-state index contributed by atoms with van der Waals surface area (Å²) in [5, 5.41) is 13.7. The molecule has 0 bridgehead atoms. The van der Waals surface area contributed by atoms with E-state index in [4.69, 9.17) is 9.47 Å². The number of carbonyl (C=O) groups excluding carboxylic acids is 2. The van der Waals surface area contributed by atoms with Crippen LogP contribution < -0.4 is 14.7 Å². The van der Waals surface area contributed by atoms with Gasteiger partial charge >= 0.3 is 0 Å². The molecule has 2 aliphatic heterocycles. The summed E-state index contributed by atoms with van der Waals surface area (Å²) in [6, 6.07) is 10.8. The van der Waals surface area contributed by atoms with Crippen molar-refractivity contribution in [3.8, 4) is 5.75 Å². The normalized spacial score (nSPS) is 20.1. The van der Waals surface area contributed by atoms with Crippen molar-refractivity contribution in [1.82, 2.24) is 4.90 Å². The van der Waals surface area contributed by atoms with Gasteiger partial charge in [0.2, 0.25) is 5.78 Å². The predicted molar refractivity (Wildman–Crippen MR) is 140 cm³/mol. The van der Waals surface area contributed by atoms with Gasteiger partial charge in [-0.25, -0.2) is 4.39 Å². The lowest BCUT2D eigenvalue weighted by molar-refractivity contribution is -0.908. The fourth-order valence-corrected chi connectivity index (χ4v) is 5.07. The number of nitrogens with zero attached hydrogens (tertiary/aromatic N) is 1. The second-order valence-corrected chi connectivity index (χ2v) is 10.6. The number of Topliss-reactive ketones (excluding diaryl/α,β-unsaturated/α-hetero) is 1. The van der Waals surface area contributed by atoms with Crippen LogP contribution in [0.25, 0.3) is 5.76 Å². The Morgan fingerprint density at radius 3 is 2.39 bits per heavy atom. The fourth-order valence-electron chi connectivity index (χ4n) is 5.07. The van der Waals surface area contributed by atoms with E-state index in [-0.39, 0.29) is 23.0 Å². The van der Waals surface area contributed by atoms with Crippen LogP contribution in [0.4, 0.5) is 4.39 Å². The summed E-state index contributed by atoms with van der Waals surface area (Å²) >= 11 is 0. The van der Waals surface area contributed by atoms with Crippen LogP contribution >= 0.6 is 0 Å². The highest BCUT2D eigenvalue weighted by atomic mass is 19.1. The van der Waals surface area contributed by atoms with Gasteiger partial charge in [0.25, 0.3) is 5.91 Å². The average molecular weight is 525 g/mol. The molecule has 2 aromatic rings. The SMILES string of the molecule is CC(C)Oc1ccc(C([O-])=C2C(=O)C(=O)N(CCC[NH+]3CCOCC3)C2c2ccc(C(C)C)cc2)cc1F. The molecule has 0 aromatic heterocycles. The van der Waals surface area contributed by atoms with Crippen molar-refractivity contribution in [3.63, 3.8) is 0 Å². The topological polar surface area (TPSA) is 83.3 Å². The minimum atomic E-state index is -0.824. The zero-order chi connectivity index (χ0) is 27.4. The van der Waals surface area contributed by atoms with Gasteiger partial charge in [0.15, 0.2) is 11.6 Å². The zero-order valence-electron chi connectivity index (χ0n) is 22.6. The summed E-state index contributed by atoms with van der Waals surface area (Å²) in [6.07, 6.45) is 0.451. The Kier molecular flexibility index (Phi) is 8.84. The third-order valence-electron chi connectivity index (χ3n) is 7.13. The lowest BCUT2D eigenvalue weighted by Crippen LogP contribution is -3.14. The largest absolute Gasteiger partial charge is 0.872 e. The van der Waals surface area contributed by atoms with Crippen molar-refractivity contribution >= 4 is 17.4 Å². The molecule has 2 fully saturated rings. The maximum absolute atomic E-state index is 14.7. The highest BCUT2D eigenvalue weighted by Gasteiger charge is 2.44. The van der Waals surface area contributed by atoms with Gasteiger partial charge in [-0.1, -0.05) is 49.9 Å². The van der Waals surface area contributed by atoms with E-state index in [9.17, 15) is 19.1 Å². The number of hydrogen-bond donors (Lipinski definition) is 1. The van der Waals surface area contributed by atoms with Gasteiger partial charge in [-0.15, -0.1) is 0 Å². The Hall–Kier alpha value is -3.23. The van der Waals surface area contributed by atoms with E-state index in [1.165, 1.54) is 21.9 Å². The number of likely N-dealkylation sites (tertiary alicyclic amines) is 1. The van der Waals surface area contributed by atoms with Crippen LogP contribution in [0.1, 0.15) is 62.8 Å². The van der Waals surface area contributed by atoms with E-state index in [1.807, 2.05) is 24.3 Å². The number of rotatable bonds is 9. The van der Waals surface area contributed by atoms with Gasteiger partial charge in [-0.2, -0.15) is 0 Å². The van der Waals surface area contributed by atoms with Crippen LogP contribution in [-0.4, -0.2) is 62.1 Å². The second-order valence-electron chi connectivity index (χ2n) is 10.6. The minimum absolute atomic E-state index is 0.0122. The Labute approximate surface area is 223 Å². The van der Waals surface area contributed by atoms with Gasteiger partial charge in [0.05, 0.1) is 31.9 Å². The summed E-state index contributed by atoms with van der Waals surface area (Å²) in [4.78, 5) is 29.4. The number of nitrogens with one attached hydrogen (secondary N) is 1. The summed E-state index contributed by atoms with van der Waals surface area (Å²) in [5.41, 5.74) is 1.68.